The monoisotopic (exact) mass is 201 g/mol. The minimum Gasteiger partial charge on any atom is -0.308 e. The Bertz CT molecular complexity index is 436. The van der Waals surface area contributed by atoms with Gasteiger partial charge in [-0.1, -0.05) is 0 Å². The van der Waals surface area contributed by atoms with Crippen LogP contribution in [0, 0.1) is 25.2 Å². The van der Waals surface area contributed by atoms with E-state index < -0.39 is 0 Å². The molecule has 2 rings (SSSR count). The van der Waals surface area contributed by atoms with Crippen LogP contribution in [0.15, 0.2) is 12.5 Å². The maximum absolute atomic E-state index is 11.7. The maximum atomic E-state index is 11.7. The van der Waals surface area contributed by atoms with Gasteiger partial charge in [-0.05, 0) is 6.92 Å². The maximum Gasteiger partial charge on any atom is 0.228 e. The Kier molecular flexibility index (Phi) is 2.38. The van der Waals surface area contributed by atoms with Gasteiger partial charge in [0.2, 0.25) is 5.91 Å². The summed E-state index contributed by atoms with van der Waals surface area (Å²) >= 11 is 0. The molecule has 1 amide bonds. The first-order valence-electron chi connectivity index (χ1n) is 4.75. The molecule has 1 saturated heterocycles. The first-order chi connectivity index (χ1) is 7.22. The average Bonchev–Trinajstić information content (AvgIpc) is 2.60. The highest BCUT2D eigenvalue weighted by Gasteiger charge is 2.30. The lowest BCUT2D eigenvalue weighted by atomic mass is 10.1. The number of hydrogen-bond donors (Lipinski definition) is 0. The third-order valence-corrected chi connectivity index (χ3v) is 2.54. The summed E-state index contributed by atoms with van der Waals surface area (Å²) in [7, 11) is 0. The van der Waals surface area contributed by atoms with E-state index in [4.69, 9.17) is 6.42 Å². The summed E-state index contributed by atoms with van der Waals surface area (Å²) in [5.74, 6) is 2.67. The van der Waals surface area contributed by atoms with Gasteiger partial charge in [0, 0.05) is 18.9 Å². The van der Waals surface area contributed by atoms with Gasteiger partial charge in [0.1, 0.15) is 6.33 Å². The number of terminal acetylenes is 1. The first kappa shape index (κ1) is 9.66. The number of anilines is 1. The van der Waals surface area contributed by atoms with Crippen LogP contribution in [-0.2, 0) is 4.79 Å². The Morgan fingerprint density at radius 1 is 1.67 bits per heavy atom. The summed E-state index contributed by atoms with van der Waals surface area (Å²) in [5.41, 5.74) is 1.57. The average molecular weight is 201 g/mol. The van der Waals surface area contributed by atoms with Crippen molar-refractivity contribution in [2.75, 3.05) is 11.4 Å². The molecule has 0 aromatic carbocycles. The Morgan fingerprint density at radius 2 is 2.47 bits per heavy atom. The molecule has 1 aromatic rings. The molecule has 1 aromatic heterocycles. The minimum atomic E-state index is 0.0112. The summed E-state index contributed by atoms with van der Waals surface area (Å²) in [6.45, 7) is 2.43. The fourth-order valence-corrected chi connectivity index (χ4v) is 1.70. The van der Waals surface area contributed by atoms with Crippen LogP contribution in [0.1, 0.15) is 12.1 Å². The van der Waals surface area contributed by atoms with Crippen LogP contribution in [-0.4, -0.2) is 22.4 Å². The minimum absolute atomic E-state index is 0.0112. The largest absolute Gasteiger partial charge is 0.308 e. The van der Waals surface area contributed by atoms with Crippen LogP contribution in [0.3, 0.4) is 0 Å². The van der Waals surface area contributed by atoms with E-state index in [1.807, 2.05) is 6.92 Å². The topological polar surface area (TPSA) is 46.1 Å². The van der Waals surface area contributed by atoms with Gasteiger partial charge in [-0.25, -0.2) is 9.97 Å². The predicted octanol–water partition coefficient (Wildman–Crippen LogP) is 0.771. The van der Waals surface area contributed by atoms with Crippen LogP contribution in [0.2, 0.25) is 0 Å². The molecule has 1 aliphatic heterocycles. The van der Waals surface area contributed by atoms with Crippen molar-refractivity contribution in [2.45, 2.75) is 13.3 Å². The quantitative estimate of drug-likeness (QED) is 0.630. The van der Waals surface area contributed by atoms with Crippen molar-refractivity contribution in [1.29, 1.82) is 0 Å². The highest BCUT2D eigenvalue weighted by molar-refractivity contribution is 5.96. The lowest BCUT2D eigenvalue weighted by Gasteiger charge is -2.16. The van der Waals surface area contributed by atoms with E-state index in [9.17, 15) is 4.79 Å². The molecule has 0 bridgehead atoms. The van der Waals surface area contributed by atoms with Crippen LogP contribution >= 0.6 is 0 Å². The van der Waals surface area contributed by atoms with Crippen LogP contribution in [0.5, 0.6) is 0 Å². The van der Waals surface area contributed by atoms with E-state index in [0.29, 0.717) is 13.0 Å². The van der Waals surface area contributed by atoms with E-state index in [1.165, 1.54) is 6.33 Å². The van der Waals surface area contributed by atoms with Crippen molar-refractivity contribution in [3.63, 3.8) is 0 Å². The Balaban J connectivity index is 2.30. The van der Waals surface area contributed by atoms with E-state index >= 15 is 0 Å². The lowest BCUT2D eigenvalue weighted by Crippen LogP contribution is -2.25. The second-order valence-corrected chi connectivity index (χ2v) is 3.57. The molecule has 0 radical (unpaired) electrons. The molecule has 0 saturated carbocycles. The van der Waals surface area contributed by atoms with Gasteiger partial charge in [0.05, 0.1) is 17.6 Å². The Labute approximate surface area is 88.3 Å². The lowest BCUT2D eigenvalue weighted by molar-refractivity contribution is -0.117. The molecule has 0 aliphatic carbocycles. The van der Waals surface area contributed by atoms with Crippen molar-refractivity contribution in [3.8, 4) is 12.3 Å². The number of carbonyl (C=O) groups is 1. The number of aryl methyl sites for hydroxylation is 1. The molecule has 76 valence electrons. The molecule has 1 aliphatic rings. The highest BCUT2D eigenvalue weighted by Crippen LogP contribution is 2.25. The van der Waals surface area contributed by atoms with E-state index in [2.05, 4.69) is 15.9 Å². The van der Waals surface area contributed by atoms with Crippen LogP contribution < -0.4 is 4.90 Å². The van der Waals surface area contributed by atoms with Gasteiger partial charge in [-0.3, -0.25) is 4.79 Å². The summed E-state index contributed by atoms with van der Waals surface area (Å²) in [4.78, 5) is 21.3. The van der Waals surface area contributed by atoms with Crippen LogP contribution in [0.25, 0.3) is 0 Å². The zero-order chi connectivity index (χ0) is 10.8. The molecule has 1 fully saturated rings. The zero-order valence-corrected chi connectivity index (χ0v) is 8.47. The molecular formula is C11H11N3O. The summed E-state index contributed by atoms with van der Waals surface area (Å²) in [6.07, 6.45) is 8.86. The van der Waals surface area contributed by atoms with Gasteiger partial charge in [-0.2, -0.15) is 0 Å². The molecule has 0 N–H and O–H groups in total. The first-order valence-corrected chi connectivity index (χ1v) is 4.75. The Hall–Kier alpha value is -1.89. The van der Waals surface area contributed by atoms with Crippen molar-refractivity contribution >= 4 is 11.6 Å². The van der Waals surface area contributed by atoms with E-state index in [1.54, 1.807) is 11.1 Å². The molecule has 1 atom stereocenters. The second-order valence-electron chi connectivity index (χ2n) is 3.57. The Morgan fingerprint density at radius 3 is 3.07 bits per heavy atom. The molecule has 2 heterocycles. The summed E-state index contributed by atoms with van der Waals surface area (Å²) in [5, 5.41) is 0. The second kappa shape index (κ2) is 3.70. The normalized spacial score (nSPS) is 20.4. The number of hydrogen-bond acceptors (Lipinski definition) is 3. The van der Waals surface area contributed by atoms with Crippen LogP contribution in [0.4, 0.5) is 5.69 Å². The van der Waals surface area contributed by atoms with Gasteiger partial charge in [-0.15, -0.1) is 12.3 Å². The van der Waals surface area contributed by atoms with Crippen molar-refractivity contribution in [2.24, 2.45) is 5.92 Å². The van der Waals surface area contributed by atoms with Gasteiger partial charge < -0.3 is 4.90 Å². The SMILES string of the molecule is C#CC1CC(=O)N(c2cncnc2C)C1. The fraction of sp³-hybridized carbons (Fsp3) is 0.364. The smallest absolute Gasteiger partial charge is 0.228 e. The fourth-order valence-electron chi connectivity index (χ4n) is 1.70. The number of aromatic nitrogens is 2. The van der Waals surface area contributed by atoms with Gasteiger partial charge in [0.15, 0.2) is 0 Å². The van der Waals surface area contributed by atoms with Crippen molar-refractivity contribution in [1.82, 2.24) is 9.97 Å². The third-order valence-electron chi connectivity index (χ3n) is 2.54. The van der Waals surface area contributed by atoms with Gasteiger partial charge in [0.25, 0.3) is 0 Å². The van der Waals surface area contributed by atoms with Gasteiger partial charge >= 0.3 is 0 Å². The molecule has 4 nitrogen and oxygen atoms in total. The number of carbonyl (C=O) groups excluding carboxylic acids is 1. The van der Waals surface area contributed by atoms with E-state index in [0.717, 1.165) is 11.4 Å². The van der Waals surface area contributed by atoms with Crippen molar-refractivity contribution in [3.05, 3.63) is 18.2 Å². The number of nitrogens with zero attached hydrogens (tertiary/aromatic N) is 3. The number of amides is 1. The third kappa shape index (κ3) is 1.68. The zero-order valence-electron chi connectivity index (χ0n) is 8.47. The predicted molar refractivity (Wildman–Crippen MR) is 56.1 cm³/mol. The molecule has 4 heteroatoms. The van der Waals surface area contributed by atoms with Crippen molar-refractivity contribution < 1.29 is 4.79 Å². The standard InChI is InChI=1S/C11H11N3O/c1-3-9-4-11(15)14(6-9)10-5-12-7-13-8(10)2/h1,5,7,9H,4,6H2,2H3. The molecule has 15 heavy (non-hydrogen) atoms. The molecule has 0 spiro atoms. The molecular weight excluding hydrogens is 190 g/mol. The number of rotatable bonds is 1. The highest BCUT2D eigenvalue weighted by atomic mass is 16.2. The van der Waals surface area contributed by atoms with E-state index in [-0.39, 0.29) is 11.8 Å². The summed E-state index contributed by atoms with van der Waals surface area (Å²) < 4.78 is 0. The molecule has 1 unspecified atom stereocenters. The summed E-state index contributed by atoms with van der Waals surface area (Å²) in [6, 6.07) is 0.